The van der Waals surface area contributed by atoms with Gasteiger partial charge in [0.25, 0.3) is 0 Å². The first-order valence-electron chi connectivity index (χ1n) is 8.72. The SMILES string of the molecule is COc1ccc(NC(N)=NCC(CC(C)C)N2CCOCC2)cc1Cl. The quantitative estimate of drug-likeness (QED) is 0.572. The third-order valence-electron chi connectivity index (χ3n) is 4.20. The van der Waals surface area contributed by atoms with Gasteiger partial charge in [-0.25, -0.2) is 0 Å². The molecule has 7 heteroatoms. The van der Waals surface area contributed by atoms with Crippen LogP contribution in [0.2, 0.25) is 5.02 Å². The number of ether oxygens (including phenoxy) is 2. The number of hydrogen-bond acceptors (Lipinski definition) is 4. The lowest BCUT2D eigenvalue weighted by Gasteiger charge is -2.34. The predicted molar refractivity (Wildman–Crippen MR) is 104 cm³/mol. The fraction of sp³-hybridized carbons (Fsp3) is 0.611. The third-order valence-corrected chi connectivity index (χ3v) is 4.50. The summed E-state index contributed by atoms with van der Waals surface area (Å²) in [7, 11) is 1.59. The Morgan fingerprint density at radius 3 is 2.72 bits per heavy atom. The van der Waals surface area contributed by atoms with Gasteiger partial charge in [0.05, 0.1) is 31.9 Å². The molecule has 1 heterocycles. The monoisotopic (exact) mass is 368 g/mol. The van der Waals surface area contributed by atoms with E-state index in [0.717, 1.165) is 38.4 Å². The number of nitrogens with two attached hydrogens (primary N) is 1. The molecule has 1 atom stereocenters. The molecule has 1 unspecified atom stereocenters. The molecule has 1 fully saturated rings. The van der Waals surface area contributed by atoms with Crippen molar-refractivity contribution in [2.75, 3.05) is 45.3 Å². The zero-order valence-corrected chi connectivity index (χ0v) is 16.1. The summed E-state index contributed by atoms with van der Waals surface area (Å²) >= 11 is 6.14. The maximum absolute atomic E-state index is 6.14. The molecule has 0 aromatic heterocycles. The highest BCUT2D eigenvalue weighted by molar-refractivity contribution is 6.32. The van der Waals surface area contributed by atoms with E-state index < -0.39 is 0 Å². The van der Waals surface area contributed by atoms with Gasteiger partial charge < -0.3 is 20.5 Å². The van der Waals surface area contributed by atoms with Gasteiger partial charge >= 0.3 is 0 Å². The topological polar surface area (TPSA) is 72.1 Å². The number of hydrogen-bond donors (Lipinski definition) is 2. The summed E-state index contributed by atoms with van der Waals surface area (Å²) in [6.07, 6.45) is 1.09. The maximum Gasteiger partial charge on any atom is 0.193 e. The Balaban J connectivity index is 1.97. The van der Waals surface area contributed by atoms with Crippen molar-refractivity contribution in [2.24, 2.45) is 16.6 Å². The van der Waals surface area contributed by atoms with E-state index in [2.05, 4.69) is 29.1 Å². The van der Waals surface area contributed by atoms with Gasteiger partial charge in [-0.05, 0) is 30.5 Å². The molecule has 1 aromatic rings. The molecule has 6 nitrogen and oxygen atoms in total. The Bertz CT molecular complexity index is 574. The van der Waals surface area contributed by atoms with Gasteiger partial charge in [0.1, 0.15) is 5.75 Å². The summed E-state index contributed by atoms with van der Waals surface area (Å²) in [6, 6.07) is 5.81. The van der Waals surface area contributed by atoms with E-state index in [-0.39, 0.29) is 0 Å². The molecule has 140 valence electrons. The lowest BCUT2D eigenvalue weighted by molar-refractivity contribution is 0.0143. The normalized spacial score (nSPS) is 17.6. The molecular weight excluding hydrogens is 340 g/mol. The first kappa shape index (κ1) is 19.8. The Hall–Kier alpha value is -1.50. The van der Waals surface area contributed by atoms with Crippen LogP contribution in [0.25, 0.3) is 0 Å². The number of benzene rings is 1. The largest absolute Gasteiger partial charge is 0.495 e. The van der Waals surface area contributed by atoms with E-state index in [1.165, 1.54) is 0 Å². The number of nitrogens with zero attached hydrogens (tertiary/aromatic N) is 2. The minimum absolute atomic E-state index is 0.378. The summed E-state index contributed by atoms with van der Waals surface area (Å²) in [6.45, 7) is 8.62. The third kappa shape index (κ3) is 6.38. The fourth-order valence-corrected chi connectivity index (χ4v) is 3.22. The summed E-state index contributed by atoms with van der Waals surface area (Å²) in [4.78, 5) is 7.00. The first-order valence-corrected chi connectivity index (χ1v) is 9.09. The van der Waals surface area contributed by atoms with Gasteiger partial charge in [-0.1, -0.05) is 25.4 Å². The molecule has 1 aliphatic heterocycles. The summed E-state index contributed by atoms with van der Waals surface area (Å²) in [5, 5.41) is 3.62. The zero-order chi connectivity index (χ0) is 18.2. The van der Waals surface area contributed by atoms with Crippen LogP contribution in [0.15, 0.2) is 23.2 Å². The van der Waals surface area contributed by atoms with Crippen LogP contribution in [0.1, 0.15) is 20.3 Å². The number of anilines is 1. The number of methoxy groups -OCH3 is 1. The van der Waals surface area contributed by atoms with Crippen LogP contribution in [0.3, 0.4) is 0 Å². The molecule has 0 spiro atoms. The molecule has 1 aliphatic rings. The van der Waals surface area contributed by atoms with Gasteiger partial charge in [0.2, 0.25) is 0 Å². The summed E-state index contributed by atoms with van der Waals surface area (Å²) in [5.74, 6) is 1.63. The average Bonchev–Trinajstić information content (AvgIpc) is 2.59. The molecular formula is C18H29ClN4O2. The minimum Gasteiger partial charge on any atom is -0.495 e. The van der Waals surface area contributed by atoms with Crippen molar-refractivity contribution in [1.82, 2.24) is 4.90 Å². The van der Waals surface area contributed by atoms with Crippen LogP contribution in [-0.2, 0) is 4.74 Å². The summed E-state index contributed by atoms with van der Waals surface area (Å²) in [5.41, 5.74) is 6.85. The van der Waals surface area contributed by atoms with E-state index in [9.17, 15) is 0 Å². The van der Waals surface area contributed by atoms with E-state index >= 15 is 0 Å². The minimum atomic E-state index is 0.378. The summed E-state index contributed by atoms with van der Waals surface area (Å²) < 4.78 is 10.6. The molecule has 0 bridgehead atoms. The lowest BCUT2D eigenvalue weighted by Crippen LogP contribution is -2.45. The van der Waals surface area contributed by atoms with Crippen molar-refractivity contribution in [2.45, 2.75) is 26.3 Å². The van der Waals surface area contributed by atoms with Gasteiger partial charge in [0, 0.05) is 24.8 Å². The molecule has 0 radical (unpaired) electrons. The molecule has 3 N–H and O–H groups in total. The number of morpholine rings is 1. The predicted octanol–water partition coefficient (Wildman–Crippen LogP) is 2.82. The second-order valence-electron chi connectivity index (χ2n) is 6.63. The van der Waals surface area contributed by atoms with Crippen LogP contribution in [0.4, 0.5) is 5.69 Å². The van der Waals surface area contributed by atoms with Crippen molar-refractivity contribution in [3.05, 3.63) is 23.2 Å². The van der Waals surface area contributed by atoms with E-state index in [0.29, 0.717) is 35.2 Å². The van der Waals surface area contributed by atoms with Crippen LogP contribution < -0.4 is 15.8 Å². The van der Waals surface area contributed by atoms with E-state index in [1.54, 1.807) is 19.2 Å². The van der Waals surface area contributed by atoms with Crippen molar-refractivity contribution < 1.29 is 9.47 Å². The highest BCUT2D eigenvalue weighted by atomic mass is 35.5. The molecule has 25 heavy (non-hydrogen) atoms. The number of rotatable bonds is 7. The standard InChI is InChI=1S/C18H29ClN4O2/c1-13(2)10-15(23-6-8-25-9-7-23)12-21-18(20)22-14-4-5-17(24-3)16(19)11-14/h4-5,11,13,15H,6-10,12H2,1-3H3,(H3,20,21,22). The van der Waals surface area contributed by atoms with Gasteiger partial charge in [0.15, 0.2) is 5.96 Å². The molecule has 0 aliphatic carbocycles. The second-order valence-corrected chi connectivity index (χ2v) is 7.04. The maximum atomic E-state index is 6.14. The van der Waals surface area contributed by atoms with Crippen LogP contribution in [-0.4, -0.2) is 56.9 Å². The lowest BCUT2D eigenvalue weighted by atomic mass is 10.0. The fourth-order valence-electron chi connectivity index (χ4n) is 2.96. The molecule has 2 rings (SSSR count). The highest BCUT2D eigenvalue weighted by Crippen LogP contribution is 2.27. The number of halogens is 1. The highest BCUT2D eigenvalue weighted by Gasteiger charge is 2.21. The second kappa shape index (κ2) is 9.85. The number of guanidine groups is 1. The first-order chi connectivity index (χ1) is 12.0. The average molecular weight is 369 g/mol. The number of aliphatic imine (C=N–C) groups is 1. The Morgan fingerprint density at radius 1 is 1.40 bits per heavy atom. The Labute approximate surface area is 155 Å². The van der Waals surface area contributed by atoms with Crippen molar-refractivity contribution in [1.29, 1.82) is 0 Å². The molecule has 0 saturated carbocycles. The van der Waals surface area contributed by atoms with Gasteiger partial charge in [-0.2, -0.15) is 0 Å². The van der Waals surface area contributed by atoms with Crippen molar-refractivity contribution in [3.63, 3.8) is 0 Å². The van der Waals surface area contributed by atoms with Crippen LogP contribution in [0.5, 0.6) is 5.75 Å². The Morgan fingerprint density at radius 2 is 2.12 bits per heavy atom. The Kier molecular flexibility index (Phi) is 7.81. The zero-order valence-electron chi connectivity index (χ0n) is 15.3. The van der Waals surface area contributed by atoms with E-state index in [4.69, 9.17) is 26.8 Å². The molecule has 1 aromatic carbocycles. The smallest absolute Gasteiger partial charge is 0.193 e. The van der Waals surface area contributed by atoms with Crippen LogP contribution >= 0.6 is 11.6 Å². The van der Waals surface area contributed by atoms with Crippen LogP contribution in [0, 0.1) is 5.92 Å². The van der Waals surface area contributed by atoms with Crippen molar-refractivity contribution in [3.8, 4) is 5.75 Å². The molecule has 0 amide bonds. The van der Waals surface area contributed by atoms with Gasteiger partial charge in [-0.15, -0.1) is 0 Å². The van der Waals surface area contributed by atoms with Crippen molar-refractivity contribution >= 4 is 23.2 Å². The molecule has 1 saturated heterocycles. The van der Waals surface area contributed by atoms with E-state index in [1.807, 2.05) is 6.07 Å². The van der Waals surface area contributed by atoms with Gasteiger partial charge in [-0.3, -0.25) is 9.89 Å². The number of nitrogens with one attached hydrogen (secondary N) is 1.